The molecule has 0 aliphatic heterocycles. The Balaban J connectivity index is 1.82. The summed E-state index contributed by atoms with van der Waals surface area (Å²) in [6.45, 7) is 0.254. The van der Waals surface area contributed by atoms with E-state index in [1.54, 1.807) is 62.6 Å². The van der Waals surface area contributed by atoms with Gasteiger partial charge < -0.3 is 19.1 Å². The van der Waals surface area contributed by atoms with Crippen LogP contribution in [0.4, 0.5) is 4.39 Å². The van der Waals surface area contributed by atoms with E-state index in [1.807, 2.05) is 0 Å². The molecule has 0 spiro atoms. The number of amides is 1. The van der Waals surface area contributed by atoms with E-state index in [1.165, 1.54) is 12.1 Å². The summed E-state index contributed by atoms with van der Waals surface area (Å²) in [5.41, 5.74) is 1.20. The van der Waals surface area contributed by atoms with Gasteiger partial charge in [-0.05, 0) is 31.1 Å². The predicted octanol–water partition coefficient (Wildman–Crippen LogP) is 4.06. The van der Waals surface area contributed by atoms with E-state index in [2.05, 4.69) is 0 Å². The second kappa shape index (κ2) is 8.78. The Morgan fingerprint density at radius 2 is 1.71 bits per heavy atom. The second-order valence-electron chi connectivity index (χ2n) is 6.57. The highest BCUT2D eigenvalue weighted by Crippen LogP contribution is 2.35. The van der Waals surface area contributed by atoms with Crippen molar-refractivity contribution in [2.75, 3.05) is 21.3 Å². The van der Waals surface area contributed by atoms with Gasteiger partial charge in [0.05, 0.1) is 21.3 Å². The van der Waals surface area contributed by atoms with E-state index < -0.39 is 0 Å². The maximum absolute atomic E-state index is 14.0. The van der Waals surface area contributed by atoms with Gasteiger partial charge in [0.25, 0.3) is 0 Å². The monoisotopic (exact) mass is 385 g/mol. The van der Waals surface area contributed by atoms with Gasteiger partial charge in [-0.25, -0.2) is 4.39 Å². The van der Waals surface area contributed by atoms with E-state index in [0.717, 1.165) is 12.8 Å². The number of hydrogen-bond donors (Lipinski definition) is 0. The standard InChI is InChI=1S/C22H24FNO4/c1-26-19-13-21(28-3)20(27-2)12-15(19)8-11-22(25)24(17-9-10-17)14-16-6-4-5-7-18(16)23/h4-8,11-13,17H,9-10,14H2,1-3H3/b11-8+. The summed E-state index contributed by atoms with van der Waals surface area (Å²) in [5, 5.41) is 0. The zero-order chi connectivity index (χ0) is 20.1. The Labute approximate surface area is 164 Å². The van der Waals surface area contributed by atoms with Gasteiger partial charge >= 0.3 is 0 Å². The van der Waals surface area contributed by atoms with E-state index in [0.29, 0.717) is 28.4 Å². The minimum absolute atomic E-state index is 0.157. The molecule has 1 amide bonds. The molecule has 2 aromatic rings. The Morgan fingerprint density at radius 1 is 1.07 bits per heavy atom. The molecule has 0 aromatic heterocycles. The topological polar surface area (TPSA) is 48.0 Å². The largest absolute Gasteiger partial charge is 0.496 e. The third-order valence-corrected chi connectivity index (χ3v) is 4.71. The van der Waals surface area contributed by atoms with Crippen molar-refractivity contribution in [1.82, 2.24) is 4.90 Å². The number of methoxy groups -OCH3 is 3. The van der Waals surface area contributed by atoms with E-state index in [9.17, 15) is 9.18 Å². The van der Waals surface area contributed by atoms with Crippen molar-refractivity contribution in [3.63, 3.8) is 0 Å². The van der Waals surface area contributed by atoms with Gasteiger partial charge in [-0.1, -0.05) is 18.2 Å². The smallest absolute Gasteiger partial charge is 0.247 e. The summed E-state index contributed by atoms with van der Waals surface area (Å²) >= 11 is 0. The molecule has 6 heteroatoms. The SMILES string of the molecule is COc1cc(OC)c(OC)cc1/C=C/C(=O)N(Cc1ccccc1F)C1CC1. The van der Waals surface area contributed by atoms with E-state index in [4.69, 9.17) is 14.2 Å². The van der Waals surface area contributed by atoms with Gasteiger partial charge in [0.2, 0.25) is 5.91 Å². The average Bonchev–Trinajstić information content (AvgIpc) is 3.55. The van der Waals surface area contributed by atoms with Gasteiger partial charge in [0.15, 0.2) is 11.5 Å². The number of nitrogens with zero attached hydrogens (tertiary/aromatic N) is 1. The van der Waals surface area contributed by atoms with Crippen molar-refractivity contribution in [1.29, 1.82) is 0 Å². The lowest BCUT2D eigenvalue weighted by atomic mass is 10.1. The van der Waals surface area contributed by atoms with Crippen LogP contribution in [0, 0.1) is 5.82 Å². The number of halogens is 1. The van der Waals surface area contributed by atoms with Crippen LogP contribution >= 0.6 is 0 Å². The minimum Gasteiger partial charge on any atom is -0.496 e. The molecule has 3 rings (SSSR count). The molecule has 1 fully saturated rings. The highest BCUT2D eigenvalue weighted by Gasteiger charge is 2.32. The lowest BCUT2D eigenvalue weighted by Crippen LogP contribution is -2.31. The van der Waals surface area contributed by atoms with Gasteiger partial charge in [-0.3, -0.25) is 4.79 Å². The first-order valence-corrected chi connectivity index (χ1v) is 9.09. The number of carbonyl (C=O) groups is 1. The van der Waals surface area contributed by atoms with Crippen LogP contribution in [0.5, 0.6) is 17.2 Å². The third kappa shape index (κ3) is 4.44. The number of ether oxygens (including phenoxy) is 3. The average molecular weight is 385 g/mol. The van der Waals surface area contributed by atoms with Crippen molar-refractivity contribution in [2.45, 2.75) is 25.4 Å². The molecule has 2 aromatic carbocycles. The highest BCUT2D eigenvalue weighted by molar-refractivity contribution is 5.92. The van der Waals surface area contributed by atoms with Crippen LogP contribution in [0.15, 0.2) is 42.5 Å². The molecule has 0 atom stereocenters. The zero-order valence-corrected chi connectivity index (χ0v) is 16.3. The van der Waals surface area contributed by atoms with Crippen molar-refractivity contribution in [2.24, 2.45) is 0 Å². The Bertz CT molecular complexity index is 877. The van der Waals surface area contributed by atoms with Crippen LogP contribution in [0.2, 0.25) is 0 Å². The summed E-state index contributed by atoms with van der Waals surface area (Å²) in [4.78, 5) is 14.5. The van der Waals surface area contributed by atoms with Crippen LogP contribution in [0.25, 0.3) is 6.08 Å². The molecule has 5 nitrogen and oxygen atoms in total. The second-order valence-corrected chi connectivity index (χ2v) is 6.57. The van der Waals surface area contributed by atoms with Crippen LogP contribution in [-0.2, 0) is 11.3 Å². The fourth-order valence-corrected chi connectivity index (χ4v) is 3.02. The predicted molar refractivity (Wildman–Crippen MR) is 105 cm³/mol. The van der Waals surface area contributed by atoms with E-state index >= 15 is 0 Å². The van der Waals surface area contributed by atoms with Crippen molar-refractivity contribution in [3.05, 3.63) is 59.4 Å². The molecular weight excluding hydrogens is 361 g/mol. The molecule has 0 unspecified atom stereocenters. The van der Waals surface area contributed by atoms with Crippen LogP contribution in [0.3, 0.4) is 0 Å². The van der Waals surface area contributed by atoms with Crippen LogP contribution in [-0.4, -0.2) is 38.2 Å². The van der Waals surface area contributed by atoms with Gasteiger partial charge in [-0.2, -0.15) is 0 Å². The number of benzene rings is 2. The summed E-state index contributed by atoms with van der Waals surface area (Å²) in [7, 11) is 4.65. The first-order chi connectivity index (χ1) is 13.6. The first-order valence-electron chi connectivity index (χ1n) is 9.09. The lowest BCUT2D eigenvalue weighted by molar-refractivity contribution is -0.127. The normalized spacial score (nSPS) is 13.4. The van der Waals surface area contributed by atoms with Gasteiger partial charge in [0.1, 0.15) is 11.6 Å². The Kier molecular flexibility index (Phi) is 6.19. The Hall–Kier alpha value is -3.02. The highest BCUT2D eigenvalue weighted by atomic mass is 19.1. The number of carbonyl (C=O) groups excluding carboxylic acids is 1. The van der Waals surface area contributed by atoms with Crippen LogP contribution < -0.4 is 14.2 Å². The summed E-state index contributed by atoms with van der Waals surface area (Å²) in [5.74, 6) is 1.19. The third-order valence-electron chi connectivity index (χ3n) is 4.71. The molecule has 28 heavy (non-hydrogen) atoms. The quantitative estimate of drug-likeness (QED) is 0.643. The lowest BCUT2D eigenvalue weighted by Gasteiger charge is -2.21. The molecule has 1 saturated carbocycles. The van der Waals surface area contributed by atoms with Crippen molar-refractivity contribution < 1.29 is 23.4 Å². The first kappa shape index (κ1) is 19.7. The summed E-state index contributed by atoms with van der Waals surface area (Å²) in [6.07, 6.45) is 5.05. The summed E-state index contributed by atoms with van der Waals surface area (Å²) < 4.78 is 30.0. The van der Waals surface area contributed by atoms with Gasteiger partial charge in [0, 0.05) is 35.9 Å². The Morgan fingerprint density at radius 3 is 2.32 bits per heavy atom. The summed E-state index contributed by atoms with van der Waals surface area (Å²) in [6, 6.07) is 10.2. The molecule has 148 valence electrons. The number of rotatable bonds is 8. The molecule has 0 bridgehead atoms. The molecular formula is C22H24FNO4. The fourth-order valence-electron chi connectivity index (χ4n) is 3.02. The van der Waals surface area contributed by atoms with Gasteiger partial charge in [-0.15, -0.1) is 0 Å². The molecule has 0 saturated heterocycles. The fraction of sp³-hybridized carbons (Fsp3) is 0.318. The molecule has 1 aliphatic carbocycles. The maximum Gasteiger partial charge on any atom is 0.247 e. The van der Waals surface area contributed by atoms with Crippen molar-refractivity contribution in [3.8, 4) is 17.2 Å². The molecule has 0 radical (unpaired) electrons. The molecule has 0 N–H and O–H groups in total. The maximum atomic E-state index is 14.0. The van der Waals surface area contributed by atoms with Crippen LogP contribution in [0.1, 0.15) is 24.0 Å². The minimum atomic E-state index is -0.300. The van der Waals surface area contributed by atoms with E-state index in [-0.39, 0.29) is 24.3 Å². The zero-order valence-electron chi connectivity index (χ0n) is 16.3. The van der Waals surface area contributed by atoms with Crippen molar-refractivity contribution >= 4 is 12.0 Å². The molecule has 1 aliphatic rings. The molecule has 0 heterocycles. The number of hydrogen-bond acceptors (Lipinski definition) is 4.